The molecule has 400 valence electrons. The molecule has 0 aromatic rings. The van der Waals surface area contributed by atoms with E-state index in [2.05, 4.69) is 67.0 Å². The third kappa shape index (κ3) is 33.1. The van der Waals surface area contributed by atoms with E-state index in [0.29, 0.717) is 38.5 Å². The van der Waals surface area contributed by atoms with Crippen LogP contribution in [0.2, 0.25) is 0 Å². The Morgan fingerprint density at radius 3 is 1.61 bits per heavy atom. The number of phosphoric acid groups is 2. The van der Waals surface area contributed by atoms with Crippen molar-refractivity contribution in [3.63, 3.8) is 0 Å². The first-order valence-corrected chi connectivity index (χ1v) is 28.0. The number of allylic oxidation sites excluding steroid dienone is 9. The van der Waals surface area contributed by atoms with Crippen LogP contribution in [-0.2, 0) is 41.8 Å². The third-order valence-corrected chi connectivity index (χ3v) is 12.8. The number of aliphatic hydroxyl groups is 6. The number of aliphatic hydroxyl groups excluding tert-OH is 6. The zero-order valence-corrected chi connectivity index (χ0v) is 42.7. The highest BCUT2D eigenvalue weighted by molar-refractivity contribution is 7.47. The van der Waals surface area contributed by atoms with E-state index in [1.54, 1.807) is 0 Å². The number of unbranched alkanes of at least 4 members (excludes halogenated alkanes) is 13. The van der Waals surface area contributed by atoms with Crippen molar-refractivity contribution in [1.29, 1.82) is 0 Å². The summed E-state index contributed by atoms with van der Waals surface area (Å²) in [5.41, 5.74) is 0. The van der Waals surface area contributed by atoms with Gasteiger partial charge in [-0.05, 0) is 77.0 Å². The van der Waals surface area contributed by atoms with Crippen molar-refractivity contribution in [3.8, 4) is 0 Å². The van der Waals surface area contributed by atoms with Crippen LogP contribution in [0.3, 0.4) is 0 Å². The van der Waals surface area contributed by atoms with Crippen LogP contribution in [0.4, 0.5) is 0 Å². The molecular formula is C49H86O18P2. The molecule has 1 aliphatic rings. The first kappa shape index (κ1) is 64.6. The molecule has 10 atom stereocenters. The van der Waals surface area contributed by atoms with Gasteiger partial charge in [0.05, 0.1) is 18.8 Å². The fourth-order valence-electron chi connectivity index (χ4n) is 7.27. The summed E-state index contributed by atoms with van der Waals surface area (Å²) in [7, 11) is -10.7. The summed E-state index contributed by atoms with van der Waals surface area (Å²) < 4.78 is 49.3. The summed E-state index contributed by atoms with van der Waals surface area (Å²) in [6.07, 6.45) is 23.2. The van der Waals surface area contributed by atoms with E-state index in [9.17, 15) is 64.0 Å². The van der Waals surface area contributed by atoms with Crippen molar-refractivity contribution in [2.45, 2.75) is 223 Å². The van der Waals surface area contributed by atoms with Crippen LogP contribution < -0.4 is 0 Å². The average Bonchev–Trinajstić information content (AvgIpc) is 3.30. The van der Waals surface area contributed by atoms with Crippen LogP contribution in [-0.4, -0.2) is 125 Å². The minimum atomic E-state index is -5.39. The zero-order valence-electron chi connectivity index (χ0n) is 40.9. The molecule has 69 heavy (non-hydrogen) atoms. The van der Waals surface area contributed by atoms with E-state index >= 15 is 0 Å². The Morgan fingerprint density at radius 1 is 0.536 bits per heavy atom. The molecule has 20 heteroatoms. The summed E-state index contributed by atoms with van der Waals surface area (Å²) in [6, 6.07) is 0. The molecule has 0 bridgehead atoms. The lowest BCUT2D eigenvalue weighted by atomic mass is 9.85. The van der Waals surface area contributed by atoms with E-state index in [1.165, 1.54) is 0 Å². The molecule has 0 aromatic carbocycles. The van der Waals surface area contributed by atoms with Gasteiger partial charge in [0.2, 0.25) is 0 Å². The Kier molecular flexibility index (Phi) is 36.7. The number of esters is 2. The Balaban J connectivity index is 2.62. The van der Waals surface area contributed by atoms with Gasteiger partial charge in [0.1, 0.15) is 43.2 Å². The Morgan fingerprint density at radius 2 is 1.03 bits per heavy atom. The number of carbonyl (C=O) groups is 2. The quantitative estimate of drug-likeness (QED) is 0.0122. The minimum absolute atomic E-state index is 0.0608. The van der Waals surface area contributed by atoms with Gasteiger partial charge in [-0.2, -0.15) is 0 Å². The van der Waals surface area contributed by atoms with Crippen molar-refractivity contribution in [1.82, 2.24) is 0 Å². The van der Waals surface area contributed by atoms with E-state index in [-0.39, 0.29) is 12.8 Å². The average molecular weight is 1030 g/mol. The largest absolute Gasteiger partial charge is 0.472 e. The standard InChI is InChI=1S/C49H86O18P2/c1-3-5-7-9-11-12-13-14-15-16-17-18-19-20-21-22-23-27-31-35-42(52)63-37-39(38-64-69(61,62)67-49-46(56)44(54)45(55)48(47(49)57)66-68(58,59)60)65-43(53)36-32-28-24-26-30-34-41(51)40(50)33-29-25-10-8-6-4-2/h5,7,11-12,14-15,17-18,25,29,39-41,44-51,54-57H,3-4,6,8-10,13,16,19-24,26-28,30-38H2,1-2H3,(H,61,62)(H2,58,59,60)/b7-5-,12-11-,15-14-,18-17-,29-25-/t39-,40+,41+,44?,45?,46?,47?,48-,49+/m1/s1. The maximum absolute atomic E-state index is 13.0. The predicted octanol–water partition coefficient (Wildman–Crippen LogP) is 7.78. The SMILES string of the molecule is CC/C=C\C/C=C\C/C=C\C/C=C\CCCCCCCCC(=O)OC[C@H](COP(=O)(O)O[C@H]1C(O)C(O)C(O)[C@@H](OP(=O)(O)O)C1O)OC(=O)CCCCCCC[C@H](O)[C@@H](O)C/C=C\CCCCC. The van der Waals surface area contributed by atoms with Gasteiger partial charge < -0.3 is 54.8 Å². The van der Waals surface area contributed by atoms with Gasteiger partial charge in [0, 0.05) is 12.8 Å². The second kappa shape index (κ2) is 39.2. The summed E-state index contributed by atoms with van der Waals surface area (Å²) in [4.78, 5) is 54.4. The Hall–Kier alpha value is -2.38. The van der Waals surface area contributed by atoms with E-state index in [1.807, 2.05) is 12.2 Å². The van der Waals surface area contributed by atoms with E-state index in [0.717, 1.165) is 103 Å². The summed E-state index contributed by atoms with van der Waals surface area (Å²) in [6.45, 7) is 2.80. The molecule has 0 heterocycles. The number of ether oxygens (including phenoxy) is 2. The van der Waals surface area contributed by atoms with Gasteiger partial charge in [-0.15, -0.1) is 0 Å². The summed E-state index contributed by atoms with van der Waals surface area (Å²) >= 11 is 0. The van der Waals surface area contributed by atoms with Crippen LogP contribution in [0, 0.1) is 0 Å². The van der Waals surface area contributed by atoms with Crippen molar-refractivity contribution in [2.75, 3.05) is 13.2 Å². The molecule has 1 aliphatic carbocycles. The lowest BCUT2D eigenvalue weighted by Gasteiger charge is -2.43. The topological polar surface area (TPSA) is 296 Å². The number of carbonyl (C=O) groups excluding carboxylic acids is 2. The van der Waals surface area contributed by atoms with Crippen molar-refractivity contribution < 1.29 is 87.1 Å². The van der Waals surface area contributed by atoms with Crippen LogP contribution in [0.15, 0.2) is 60.8 Å². The second-order valence-electron chi connectivity index (χ2n) is 17.5. The van der Waals surface area contributed by atoms with Crippen molar-refractivity contribution in [3.05, 3.63) is 60.8 Å². The van der Waals surface area contributed by atoms with Gasteiger partial charge in [0.25, 0.3) is 0 Å². The van der Waals surface area contributed by atoms with Crippen molar-refractivity contribution in [2.24, 2.45) is 0 Å². The zero-order chi connectivity index (χ0) is 51.3. The maximum Gasteiger partial charge on any atom is 0.472 e. The van der Waals surface area contributed by atoms with Crippen LogP contribution in [0.5, 0.6) is 0 Å². The molecule has 1 rings (SSSR count). The third-order valence-electron chi connectivity index (χ3n) is 11.3. The normalized spacial score (nSPS) is 22.5. The van der Waals surface area contributed by atoms with Crippen LogP contribution >= 0.6 is 15.6 Å². The van der Waals surface area contributed by atoms with Gasteiger partial charge >= 0.3 is 27.6 Å². The lowest BCUT2D eigenvalue weighted by molar-refractivity contribution is -0.216. The van der Waals surface area contributed by atoms with Gasteiger partial charge in [-0.1, -0.05) is 139 Å². The second-order valence-corrected chi connectivity index (χ2v) is 20.1. The molecule has 0 radical (unpaired) electrons. The lowest BCUT2D eigenvalue weighted by Crippen LogP contribution is -2.64. The fraction of sp³-hybridized carbons (Fsp3) is 0.755. The molecule has 0 aromatic heterocycles. The smallest absolute Gasteiger partial charge is 0.462 e. The van der Waals surface area contributed by atoms with Gasteiger partial charge in [-0.3, -0.25) is 23.2 Å². The molecular weight excluding hydrogens is 938 g/mol. The monoisotopic (exact) mass is 1020 g/mol. The molecule has 0 spiro atoms. The van der Waals surface area contributed by atoms with E-state index < -0.39 is 95.7 Å². The first-order chi connectivity index (χ1) is 32.9. The van der Waals surface area contributed by atoms with E-state index in [4.69, 9.17) is 18.5 Å². The molecule has 1 saturated carbocycles. The summed E-state index contributed by atoms with van der Waals surface area (Å²) in [5, 5.41) is 61.8. The highest BCUT2D eigenvalue weighted by Crippen LogP contribution is 2.49. The van der Waals surface area contributed by atoms with Crippen LogP contribution in [0.1, 0.15) is 168 Å². The Labute approximate surface area is 410 Å². The maximum atomic E-state index is 13.0. The van der Waals surface area contributed by atoms with Gasteiger partial charge in [0.15, 0.2) is 6.10 Å². The van der Waals surface area contributed by atoms with Crippen molar-refractivity contribution >= 4 is 27.6 Å². The molecule has 5 unspecified atom stereocenters. The fourth-order valence-corrected chi connectivity index (χ4v) is 8.81. The Bertz CT molecular complexity index is 1600. The molecule has 0 amide bonds. The van der Waals surface area contributed by atoms with Crippen LogP contribution in [0.25, 0.3) is 0 Å². The molecule has 0 aliphatic heterocycles. The van der Waals surface area contributed by atoms with Gasteiger partial charge in [-0.25, -0.2) is 9.13 Å². The predicted molar refractivity (Wildman–Crippen MR) is 262 cm³/mol. The number of phosphoric ester groups is 2. The molecule has 9 N–H and O–H groups in total. The number of hydrogen-bond donors (Lipinski definition) is 9. The minimum Gasteiger partial charge on any atom is -0.462 e. The number of hydrogen-bond acceptors (Lipinski definition) is 15. The first-order valence-electron chi connectivity index (χ1n) is 25.0. The molecule has 18 nitrogen and oxygen atoms in total. The number of rotatable bonds is 41. The molecule has 1 fully saturated rings. The highest BCUT2D eigenvalue weighted by Gasteiger charge is 2.54. The summed E-state index contributed by atoms with van der Waals surface area (Å²) in [5.74, 6) is -1.34. The highest BCUT2D eigenvalue weighted by atomic mass is 31.2. The molecule has 0 saturated heterocycles.